The molecule has 1 aromatic heterocycles. The summed E-state index contributed by atoms with van der Waals surface area (Å²) >= 11 is 3.44. The molecule has 2 rings (SSSR count). The van der Waals surface area contributed by atoms with Crippen molar-refractivity contribution >= 4 is 15.9 Å². The van der Waals surface area contributed by atoms with E-state index in [2.05, 4.69) is 31.5 Å². The van der Waals surface area contributed by atoms with Gasteiger partial charge in [-0.1, -0.05) is 34.1 Å². The Kier molecular flexibility index (Phi) is 3.08. The maximum absolute atomic E-state index is 8.98. The van der Waals surface area contributed by atoms with Gasteiger partial charge in [-0.05, 0) is 22.1 Å². The van der Waals surface area contributed by atoms with Gasteiger partial charge in [0.2, 0.25) is 0 Å². The molecule has 0 radical (unpaired) electrons. The lowest BCUT2D eigenvalue weighted by molar-refractivity contribution is 0.263. The van der Waals surface area contributed by atoms with E-state index in [0.29, 0.717) is 12.4 Å². The second kappa shape index (κ2) is 4.50. The summed E-state index contributed by atoms with van der Waals surface area (Å²) in [7, 11) is 0. The molecule has 2 aromatic rings. The number of aliphatic hydroxyl groups is 1. The summed E-state index contributed by atoms with van der Waals surface area (Å²) in [5.41, 5.74) is 1.07. The normalized spacial score (nSPS) is 10.5. The number of hydrogen-bond donors (Lipinski definition) is 1. The molecule has 0 fully saturated rings. The minimum absolute atomic E-state index is 0.155. The van der Waals surface area contributed by atoms with Gasteiger partial charge >= 0.3 is 0 Å². The molecule has 1 N–H and O–H groups in total. The van der Waals surface area contributed by atoms with Crippen LogP contribution in [-0.4, -0.2) is 25.3 Å². The van der Waals surface area contributed by atoms with Crippen LogP contribution in [0, 0.1) is 0 Å². The van der Waals surface area contributed by atoms with E-state index in [0.717, 1.165) is 10.0 Å². The van der Waals surface area contributed by atoms with Crippen LogP contribution in [0.4, 0.5) is 0 Å². The summed E-state index contributed by atoms with van der Waals surface area (Å²) in [5.74, 6) is 0.464. The second-order valence-electron chi connectivity index (χ2n) is 3.00. The Morgan fingerprint density at radius 1 is 1.33 bits per heavy atom. The Bertz CT molecular complexity index is 457. The van der Waals surface area contributed by atoms with Gasteiger partial charge in [0.05, 0.1) is 6.54 Å². The van der Waals surface area contributed by atoms with Gasteiger partial charge in [0.1, 0.15) is 6.61 Å². The van der Waals surface area contributed by atoms with Gasteiger partial charge in [-0.25, -0.2) is 4.68 Å². The number of hydrogen-bond acceptors (Lipinski definition) is 4. The predicted octanol–water partition coefficient (Wildman–Crippen LogP) is 0.976. The highest BCUT2D eigenvalue weighted by molar-refractivity contribution is 9.10. The van der Waals surface area contributed by atoms with Crippen molar-refractivity contribution in [2.45, 2.75) is 13.2 Å². The minimum Gasteiger partial charge on any atom is -0.388 e. The summed E-state index contributed by atoms with van der Waals surface area (Å²) in [6.45, 7) is 0.391. The molecule has 0 unspecified atom stereocenters. The number of nitrogens with zero attached hydrogens (tertiary/aromatic N) is 4. The Balaban J connectivity index is 2.26. The van der Waals surface area contributed by atoms with Crippen molar-refractivity contribution < 1.29 is 5.11 Å². The van der Waals surface area contributed by atoms with Crippen molar-refractivity contribution in [2.24, 2.45) is 0 Å². The molecule has 1 aromatic carbocycles. The van der Waals surface area contributed by atoms with Gasteiger partial charge in [0, 0.05) is 4.47 Å². The van der Waals surface area contributed by atoms with Crippen molar-refractivity contribution in [3.05, 3.63) is 40.1 Å². The third-order valence-corrected chi connectivity index (χ3v) is 2.80. The van der Waals surface area contributed by atoms with E-state index in [1.165, 1.54) is 0 Å². The smallest absolute Gasteiger partial charge is 0.177 e. The molecule has 0 spiro atoms. The molecule has 0 saturated carbocycles. The third kappa shape index (κ3) is 2.21. The number of aliphatic hydroxyl groups excluding tert-OH is 1. The first kappa shape index (κ1) is 10.3. The molecule has 0 saturated heterocycles. The largest absolute Gasteiger partial charge is 0.388 e. The molecule has 6 heteroatoms. The monoisotopic (exact) mass is 268 g/mol. The number of tetrazole rings is 1. The Morgan fingerprint density at radius 3 is 2.87 bits per heavy atom. The van der Waals surface area contributed by atoms with E-state index in [9.17, 15) is 0 Å². The molecule has 5 nitrogen and oxygen atoms in total. The minimum atomic E-state index is -0.155. The molecule has 0 aliphatic heterocycles. The van der Waals surface area contributed by atoms with Crippen LogP contribution in [-0.2, 0) is 13.2 Å². The van der Waals surface area contributed by atoms with E-state index < -0.39 is 0 Å². The SMILES string of the molecule is OCc1nnnn1Cc1ccccc1Br. The Labute approximate surface area is 94.9 Å². The van der Waals surface area contributed by atoms with Crippen molar-refractivity contribution in [3.8, 4) is 0 Å². The lowest BCUT2D eigenvalue weighted by Gasteiger charge is -2.04. The highest BCUT2D eigenvalue weighted by Gasteiger charge is 2.06. The summed E-state index contributed by atoms with van der Waals surface area (Å²) in [6.07, 6.45) is 0. The Morgan fingerprint density at radius 2 is 2.13 bits per heavy atom. The molecule has 0 aliphatic rings. The van der Waals surface area contributed by atoms with E-state index in [1.54, 1.807) is 4.68 Å². The molecule has 0 amide bonds. The van der Waals surface area contributed by atoms with E-state index >= 15 is 0 Å². The molecule has 0 aliphatic carbocycles. The van der Waals surface area contributed by atoms with Crippen LogP contribution in [0.2, 0.25) is 0 Å². The van der Waals surface area contributed by atoms with Crippen molar-refractivity contribution in [1.29, 1.82) is 0 Å². The van der Waals surface area contributed by atoms with Gasteiger partial charge in [-0.3, -0.25) is 0 Å². The zero-order valence-corrected chi connectivity index (χ0v) is 9.42. The molecule has 15 heavy (non-hydrogen) atoms. The average molecular weight is 269 g/mol. The average Bonchev–Trinajstić information content (AvgIpc) is 2.69. The van der Waals surface area contributed by atoms with Crippen LogP contribution in [0.15, 0.2) is 28.7 Å². The first-order valence-corrected chi connectivity index (χ1v) is 5.20. The maximum Gasteiger partial charge on any atom is 0.177 e. The fourth-order valence-electron chi connectivity index (χ4n) is 1.25. The third-order valence-electron chi connectivity index (χ3n) is 2.03. The number of rotatable bonds is 3. The highest BCUT2D eigenvalue weighted by Crippen LogP contribution is 2.16. The van der Waals surface area contributed by atoms with Crippen LogP contribution in [0.1, 0.15) is 11.4 Å². The highest BCUT2D eigenvalue weighted by atomic mass is 79.9. The van der Waals surface area contributed by atoms with Crippen molar-refractivity contribution in [3.63, 3.8) is 0 Å². The van der Waals surface area contributed by atoms with Gasteiger partial charge < -0.3 is 5.11 Å². The van der Waals surface area contributed by atoms with Gasteiger partial charge in [0.15, 0.2) is 5.82 Å². The topological polar surface area (TPSA) is 63.8 Å². The predicted molar refractivity (Wildman–Crippen MR) is 57.0 cm³/mol. The fourth-order valence-corrected chi connectivity index (χ4v) is 1.66. The molecule has 1 heterocycles. The summed E-state index contributed by atoms with van der Waals surface area (Å²) in [6, 6.07) is 7.83. The van der Waals surface area contributed by atoms with Crippen LogP contribution in [0.3, 0.4) is 0 Å². The van der Waals surface area contributed by atoms with Crippen molar-refractivity contribution in [2.75, 3.05) is 0 Å². The first-order valence-electron chi connectivity index (χ1n) is 4.40. The van der Waals surface area contributed by atoms with Gasteiger partial charge in [-0.15, -0.1) is 5.10 Å². The van der Waals surface area contributed by atoms with Gasteiger partial charge in [0.25, 0.3) is 0 Å². The maximum atomic E-state index is 8.98. The molecule has 0 atom stereocenters. The van der Waals surface area contributed by atoms with Crippen LogP contribution in [0.5, 0.6) is 0 Å². The quantitative estimate of drug-likeness (QED) is 0.902. The van der Waals surface area contributed by atoms with Crippen LogP contribution >= 0.6 is 15.9 Å². The van der Waals surface area contributed by atoms with Crippen LogP contribution < -0.4 is 0 Å². The lowest BCUT2D eigenvalue weighted by atomic mass is 10.2. The zero-order chi connectivity index (χ0) is 10.7. The van der Waals surface area contributed by atoms with E-state index in [1.807, 2.05) is 24.3 Å². The van der Waals surface area contributed by atoms with E-state index in [4.69, 9.17) is 5.11 Å². The standard InChI is InChI=1S/C9H9BrN4O/c10-8-4-2-1-3-7(8)5-14-9(6-15)11-12-13-14/h1-4,15H,5-6H2. The van der Waals surface area contributed by atoms with Gasteiger partial charge in [-0.2, -0.15) is 0 Å². The summed E-state index contributed by atoms with van der Waals surface area (Å²) in [4.78, 5) is 0. The Hall–Kier alpha value is -1.27. The molecular formula is C9H9BrN4O. The van der Waals surface area contributed by atoms with Crippen LogP contribution in [0.25, 0.3) is 0 Å². The molecular weight excluding hydrogens is 260 g/mol. The summed E-state index contributed by atoms with van der Waals surface area (Å²) < 4.78 is 2.57. The summed E-state index contributed by atoms with van der Waals surface area (Å²) in [5, 5.41) is 20.0. The zero-order valence-electron chi connectivity index (χ0n) is 7.84. The van der Waals surface area contributed by atoms with E-state index in [-0.39, 0.29) is 6.61 Å². The molecule has 0 bridgehead atoms. The second-order valence-corrected chi connectivity index (χ2v) is 3.86. The number of aromatic nitrogens is 4. The number of halogens is 1. The first-order chi connectivity index (χ1) is 7.31. The fraction of sp³-hybridized carbons (Fsp3) is 0.222. The lowest BCUT2D eigenvalue weighted by Crippen LogP contribution is -2.07. The van der Waals surface area contributed by atoms with Crippen molar-refractivity contribution in [1.82, 2.24) is 20.2 Å². The number of benzene rings is 1. The molecule has 78 valence electrons.